The minimum Gasteiger partial charge on any atom is -0.405 e. The van der Waals surface area contributed by atoms with Crippen molar-refractivity contribution in [2.24, 2.45) is 15.7 Å². The fraction of sp³-hybridized carbons (Fsp3) is 0.238. The number of aryl methyl sites for hydroxylation is 1. The molecule has 148 valence electrons. The summed E-state index contributed by atoms with van der Waals surface area (Å²) in [6, 6.07) is 9.18. The van der Waals surface area contributed by atoms with E-state index in [1.54, 1.807) is 29.5 Å². The third kappa shape index (κ3) is 3.82. The van der Waals surface area contributed by atoms with Gasteiger partial charge in [0.1, 0.15) is 0 Å². The van der Waals surface area contributed by atoms with Crippen LogP contribution in [0.2, 0.25) is 0 Å². The van der Waals surface area contributed by atoms with Crippen LogP contribution in [-0.2, 0) is 0 Å². The number of amides is 2. The van der Waals surface area contributed by atoms with Crippen LogP contribution in [0.4, 0.5) is 10.5 Å². The summed E-state index contributed by atoms with van der Waals surface area (Å²) in [7, 11) is 0. The summed E-state index contributed by atoms with van der Waals surface area (Å²) in [6.07, 6.45) is 7.47. The van der Waals surface area contributed by atoms with Crippen molar-refractivity contribution in [2.75, 3.05) is 11.9 Å². The van der Waals surface area contributed by atoms with Crippen molar-refractivity contribution in [1.82, 2.24) is 9.88 Å². The summed E-state index contributed by atoms with van der Waals surface area (Å²) in [6.45, 7) is 2.52. The summed E-state index contributed by atoms with van der Waals surface area (Å²) >= 11 is 0. The minimum absolute atomic E-state index is 0.0339. The predicted octanol–water partition coefficient (Wildman–Crippen LogP) is 2.67. The quantitative estimate of drug-likeness (QED) is 0.474. The summed E-state index contributed by atoms with van der Waals surface area (Å²) in [4.78, 5) is 26.4. The third-order valence-corrected chi connectivity index (χ3v) is 5.18. The van der Waals surface area contributed by atoms with E-state index in [4.69, 9.17) is 11.1 Å². The summed E-state index contributed by atoms with van der Waals surface area (Å²) in [5.41, 5.74) is 9.38. The molecule has 0 spiro atoms. The predicted molar refractivity (Wildman–Crippen MR) is 115 cm³/mol. The number of aliphatic imine (C=N–C) groups is 2. The van der Waals surface area contributed by atoms with Gasteiger partial charge in [-0.05, 0) is 55.4 Å². The van der Waals surface area contributed by atoms with Crippen molar-refractivity contribution in [2.45, 2.75) is 25.4 Å². The number of hydrogen-bond acceptors (Lipinski definition) is 4. The van der Waals surface area contributed by atoms with E-state index in [2.05, 4.69) is 20.3 Å². The van der Waals surface area contributed by atoms with E-state index in [1.165, 1.54) is 6.20 Å². The van der Waals surface area contributed by atoms with Crippen molar-refractivity contribution in [3.8, 4) is 0 Å². The van der Waals surface area contributed by atoms with Crippen LogP contribution in [0.5, 0.6) is 0 Å². The Labute approximate surface area is 168 Å². The molecule has 1 saturated heterocycles. The van der Waals surface area contributed by atoms with Crippen LogP contribution in [0.1, 0.15) is 23.2 Å². The normalized spacial score (nSPS) is 20.6. The smallest absolute Gasteiger partial charge is 0.322 e. The van der Waals surface area contributed by atoms with E-state index in [9.17, 15) is 4.79 Å². The first-order chi connectivity index (χ1) is 14.0. The number of rotatable bonds is 4. The van der Waals surface area contributed by atoms with Gasteiger partial charge in [-0.1, -0.05) is 6.07 Å². The van der Waals surface area contributed by atoms with Gasteiger partial charge in [0.25, 0.3) is 0 Å². The number of fused-ring (bicyclic) bond motifs is 2. The number of likely N-dealkylation sites (tertiary alicyclic amines) is 1. The van der Waals surface area contributed by atoms with Crippen LogP contribution in [0, 0.1) is 12.3 Å². The lowest BCUT2D eigenvalue weighted by Gasteiger charge is -2.26. The Balaban J connectivity index is 1.47. The number of nitrogens with two attached hydrogens (primary N) is 1. The first kappa shape index (κ1) is 18.7. The average Bonchev–Trinajstić information content (AvgIpc) is 3.45. The maximum absolute atomic E-state index is 12.8. The van der Waals surface area contributed by atoms with Crippen molar-refractivity contribution in [1.29, 1.82) is 5.41 Å². The van der Waals surface area contributed by atoms with E-state index in [0.717, 1.165) is 23.4 Å². The first-order valence-corrected chi connectivity index (χ1v) is 9.46. The zero-order valence-electron chi connectivity index (χ0n) is 16.1. The molecule has 2 atom stereocenters. The first-order valence-electron chi connectivity index (χ1n) is 9.46. The molecule has 3 heterocycles. The zero-order valence-corrected chi connectivity index (χ0v) is 16.1. The molecule has 0 radical (unpaired) electrons. The molecule has 29 heavy (non-hydrogen) atoms. The van der Waals surface area contributed by atoms with Crippen LogP contribution in [-0.4, -0.2) is 52.3 Å². The van der Waals surface area contributed by atoms with E-state index in [0.29, 0.717) is 17.8 Å². The topological polar surface area (TPSA) is 123 Å². The van der Waals surface area contributed by atoms with Crippen molar-refractivity contribution >= 4 is 29.5 Å². The second-order valence-corrected chi connectivity index (χ2v) is 7.16. The molecule has 1 fully saturated rings. The van der Waals surface area contributed by atoms with Gasteiger partial charge in [-0.15, -0.1) is 0 Å². The molecule has 2 aliphatic heterocycles. The van der Waals surface area contributed by atoms with E-state index < -0.39 is 0 Å². The SMILES string of the molecule is Cc1ccc(NC(=O)N2C[C@@H]3CC2C(/C=C\N)=N3)cc1C(=N)N=Cc1ccc[nH]1. The lowest BCUT2D eigenvalue weighted by molar-refractivity contribution is 0.215. The number of urea groups is 1. The maximum atomic E-state index is 12.8. The van der Waals surface area contributed by atoms with E-state index in [-0.39, 0.29) is 24.0 Å². The highest BCUT2D eigenvalue weighted by atomic mass is 16.2. The number of aromatic nitrogens is 1. The Bertz CT molecular complexity index is 1020. The fourth-order valence-corrected chi connectivity index (χ4v) is 3.74. The Morgan fingerprint density at radius 2 is 2.31 bits per heavy atom. The minimum atomic E-state index is -0.174. The molecule has 2 aromatic rings. The molecule has 2 bridgehead atoms. The van der Waals surface area contributed by atoms with Gasteiger partial charge in [0.2, 0.25) is 0 Å². The van der Waals surface area contributed by atoms with E-state index in [1.807, 2.05) is 31.2 Å². The van der Waals surface area contributed by atoms with Gasteiger partial charge in [-0.3, -0.25) is 10.4 Å². The number of carbonyl (C=O) groups is 1. The van der Waals surface area contributed by atoms with Crippen molar-refractivity contribution in [3.63, 3.8) is 0 Å². The van der Waals surface area contributed by atoms with Crippen LogP contribution < -0.4 is 11.1 Å². The average molecular weight is 389 g/mol. The highest BCUT2D eigenvalue weighted by Crippen LogP contribution is 2.29. The van der Waals surface area contributed by atoms with Crippen LogP contribution in [0.25, 0.3) is 0 Å². The highest BCUT2D eigenvalue weighted by Gasteiger charge is 2.42. The molecule has 5 N–H and O–H groups in total. The molecular weight excluding hydrogens is 366 g/mol. The number of benzene rings is 1. The van der Waals surface area contributed by atoms with Gasteiger partial charge in [-0.25, -0.2) is 9.79 Å². The highest BCUT2D eigenvalue weighted by molar-refractivity contribution is 6.06. The Morgan fingerprint density at radius 3 is 3.03 bits per heavy atom. The third-order valence-electron chi connectivity index (χ3n) is 5.18. The molecule has 8 nitrogen and oxygen atoms in total. The monoisotopic (exact) mass is 389 g/mol. The Hall–Kier alpha value is -3.68. The fourth-order valence-electron chi connectivity index (χ4n) is 3.74. The largest absolute Gasteiger partial charge is 0.405 e. The number of anilines is 1. The molecule has 4 rings (SSSR count). The van der Waals surface area contributed by atoms with Gasteiger partial charge < -0.3 is 20.9 Å². The van der Waals surface area contributed by atoms with Crippen molar-refractivity contribution < 1.29 is 4.79 Å². The molecular formula is C21H23N7O. The van der Waals surface area contributed by atoms with Gasteiger partial charge in [0.05, 0.1) is 29.7 Å². The lowest BCUT2D eigenvalue weighted by atomic mass is 10.1. The number of H-pyrrole nitrogens is 1. The summed E-state index contributed by atoms with van der Waals surface area (Å²) < 4.78 is 0. The number of aromatic amines is 1. The van der Waals surface area contributed by atoms with Gasteiger partial charge in [0, 0.05) is 24.0 Å². The van der Waals surface area contributed by atoms with Crippen LogP contribution in [0.15, 0.2) is 58.8 Å². The molecule has 1 unspecified atom stereocenters. The lowest BCUT2D eigenvalue weighted by Crippen LogP contribution is -2.44. The second-order valence-electron chi connectivity index (χ2n) is 7.16. The number of nitrogens with one attached hydrogen (secondary N) is 3. The number of carbonyl (C=O) groups excluding carboxylic acids is 1. The van der Waals surface area contributed by atoms with Crippen LogP contribution in [0.3, 0.4) is 0 Å². The Kier molecular flexibility index (Phi) is 4.99. The number of hydrogen-bond donors (Lipinski definition) is 4. The molecule has 1 aromatic heterocycles. The molecule has 8 heteroatoms. The Morgan fingerprint density at radius 1 is 1.45 bits per heavy atom. The summed E-state index contributed by atoms with van der Waals surface area (Å²) in [5.74, 6) is 0.135. The number of amidine groups is 1. The maximum Gasteiger partial charge on any atom is 0.322 e. The molecule has 0 aliphatic carbocycles. The molecule has 2 aliphatic rings. The van der Waals surface area contributed by atoms with Gasteiger partial charge in [0.15, 0.2) is 5.84 Å². The van der Waals surface area contributed by atoms with Gasteiger partial charge >= 0.3 is 6.03 Å². The van der Waals surface area contributed by atoms with Crippen molar-refractivity contribution in [3.05, 3.63) is 65.6 Å². The molecule has 0 saturated carbocycles. The second kappa shape index (κ2) is 7.75. The molecule has 2 amide bonds. The van der Waals surface area contributed by atoms with E-state index >= 15 is 0 Å². The van der Waals surface area contributed by atoms with Crippen LogP contribution >= 0.6 is 0 Å². The van der Waals surface area contributed by atoms with Gasteiger partial charge in [-0.2, -0.15) is 0 Å². The zero-order chi connectivity index (χ0) is 20.4. The summed E-state index contributed by atoms with van der Waals surface area (Å²) in [5, 5.41) is 11.2. The number of nitrogens with zero attached hydrogens (tertiary/aromatic N) is 3. The molecule has 1 aromatic carbocycles. The standard InChI is InChI=1S/C21H23N7O/c1-13-4-5-14(9-17(13)20(23)25-11-15-3-2-8-24-15)27-21(29)28-12-16-10-19(28)18(26-16)6-7-22/h2-9,11,16,19,23-24H,10,12,22H2,1H3,(H,27,29)/b7-6-,23-20?,25-11?/t16-,19?/m0/s1.